The Morgan fingerprint density at radius 1 is 0.850 bits per heavy atom. The van der Waals surface area contributed by atoms with Crippen LogP contribution in [0.4, 0.5) is 0 Å². The maximum Gasteiger partial charge on any atom is 0.330 e. The Morgan fingerprint density at radius 2 is 1.45 bits per heavy atom. The highest BCUT2D eigenvalue weighted by molar-refractivity contribution is 5.82. The van der Waals surface area contributed by atoms with Crippen molar-refractivity contribution >= 4 is 5.97 Å². The lowest BCUT2D eigenvalue weighted by Crippen LogP contribution is -1.98. The molecule has 0 spiro atoms. The zero-order chi connectivity index (χ0) is 14.9. The number of hydrogen-bond donors (Lipinski definition) is 0. The van der Waals surface area contributed by atoms with Crippen LogP contribution in [-0.4, -0.2) is 12.6 Å². The molecule has 0 heterocycles. The van der Waals surface area contributed by atoms with Gasteiger partial charge in [-0.05, 0) is 19.8 Å². The lowest BCUT2D eigenvalue weighted by Gasteiger charge is -2.00. The third-order valence-corrected chi connectivity index (χ3v) is 3.24. The van der Waals surface area contributed by atoms with Crippen molar-refractivity contribution in [3.05, 3.63) is 24.3 Å². The first-order chi connectivity index (χ1) is 9.81. The quantitative estimate of drug-likeness (QED) is 0.190. The van der Waals surface area contributed by atoms with Crippen molar-refractivity contribution in [2.75, 3.05) is 6.61 Å². The number of carbonyl (C=O) groups is 1. The van der Waals surface area contributed by atoms with E-state index in [0.717, 1.165) is 6.42 Å². The van der Waals surface area contributed by atoms with Gasteiger partial charge in [-0.15, -0.1) is 0 Å². The van der Waals surface area contributed by atoms with Gasteiger partial charge >= 0.3 is 5.97 Å². The fourth-order valence-corrected chi connectivity index (χ4v) is 2.07. The topological polar surface area (TPSA) is 26.3 Å². The van der Waals surface area contributed by atoms with Gasteiger partial charge in [-0.3, -0.25) is 0 Å². The minimum Gasteiger partial charge on any atom is -0.463 e. The van der Waals surface area contributed by atoms with Gasteiger partial charge in [-0.1, -0.05) is 76.5 Å². The Kier molecular flexibility index (Phi) is 15.2. The van der Waals surface area contributed by atoms with Crippen LogP contribution in [0.15, 0.2) is 24.3 Å². The van der Waals surface area contributed by atoms with Gasteiger partial charge < -0.3 is 4.74 Å². The van der Waals surface area contributed by atoms with Crippen LogP contribution in [-0.2, 0) is 9.53 Å². The van der Waals surface area contributed by atoms with E-state index in [4.69, 9.17) is 4.74 Å². The van der Waals surface area contributed by atoms with E-state index in [1.165, 1.54) is 63.9 Å². The predicted molar refractivity (Wildman–Crippen MR) is 86.8 cm³/mol. The summed E-state index contributed by atoms with van der Waals surface area (Å²) < 4.78 is 4.79. The molecule has 2 nitrogen and oxygen atoms in total. The zero-order valence-corrected chi connectivity index (χ0v) is 13.4. The average Bonchev–Trinajstić information content (AvgIpc) is 2.44. The van der Waals surface area contributed by atoms with Gasteiger partial charge in [0.15, 0.2) is 0 Å². The molecule has 0 bridgehead atoms. The second-order valence-corrected chi connectivity index (χ2v) is 5.16. The molecule has 20 heavy (non-hydrogen) atoms. The molecule has 0 aliphatic rings. The van der Waals surface area contributed by atoms with Crippen LogP contribution < -0.4 is 0 Å². The molecule has 0 aromatic heterocycles. The van der Waals surface area contributed by atoms with Crippen LogP contribution in [0.25, 0.3) is 0 Å². The summed E-state index contributed by atoms with van der Waals surface area (Å²) in [5.41, 5.74) is 0. The SMILES string of the molecule is CCCCCCCCCCC/C=C\C=C\C(=O)OCC. The smallest absolute Gasteiger partial charge is 0.330 e. The summed E-state index contributed by atoms with van der Waals surface area (Å²) in [5.74, 6) is -0.264. The number of carbonyl (C=O) groups excluding carboxylic acids is 1. The van der Waals surface area contributed by atoms with Gasteiger partial charge in [0.2, 0.25) is 0 Å². The molecule has 0 aromatic rings. The van der Waals surface area contributed by atoms with E-state index in [1.807, 2.05) is 13.0 Å². The van der Waals surface area contributed by atoms with Gasteiger partial charge in [-0.2, -0.15) is 0 Å². The highest BCUT2D eigenvalue weighted by atomic mass is 16.5. The third-order valence-electron chi connectivity index (χ3n) is 3.24. The predicted octanol–water partition coefficient (Wildman–Crippen LogP) is 5.58. The van der Waals surface area contributed by atoms with Gasteiger partial charge in [0, 0.05) is 6.08 Å². The van der Waals surface area contributed by atoms with Gasteiger partial charge in [-0.25, -0.2) is 4.79 Å². The lowest BCUT2D eigenvalue weighted by molar-refractivity contribution is -0.137. The van der Waals surface area contributed by atoms with Crippen LogP contribution in [0.5, 0.6) is 0 Å². The van der Waals surface area contributed by atoms with E-state index in [-0.39, 0.29) is 5.97 Å². The first-order valence-corrected chi connectivity index (χ1v) is 8.31. The highest BCUT2D eigenvalue weighted by Crippen LogP contribution is 2.10. The molecule has 0 aromatic carbocycles. The number of allylic oxidation sites excluding steroid dienone is 3. The van der Waals surface area contributed by atoms with Crippen molar-refractivity contribution in [2.45, 2.75) is 78.1 Å². The van der Waals surface area contributed by atoms with Crippen molar-refractivity contribution in [1.29, 1.82) is 0 Å². The van der Waals surface area contributed by atoms with E-state index in [2.05, 4.69) is 13.0 Å². The van der Waals surface area contributed by atoms with Gasteiger partial charge in [0.1, 0.15) is 0 Å². The maximum atomic E-state index is 11.0. The molecular weight excluding hydrogens is 248 g/mol. The van der Waals surface area contributed by atoms with Crippen LogP contribution in [0.3, 0.4) is 0 Å². The van der Waals surface area contributed by atoms with Crippen molar-refractivity contribution in [1.82, 2.24) is 0 Å². The molecule has 0 radical (unpaired) electrons. The Morgan fingerprint density at radius 3 is 2.05 bits per heavy atom. The zero-order valence-electron chi connectivity index (χ0n) is 13.4. The molecule has 0 atom stereocenters. The van der Waals surface area contributed by atoms with Crippen molar-refractivity contribution in [3.8, 4) is 0 Å². The molecule has 2 heteroatoms. The second kappa shape index (κ2) is 16.0. The fraction of sp³-hybridized carbons (Fsp3) is 0.722. The van der Waals surface area contributed by atoms with Crippen molar-refractivity contribution in [3.63, 3.8) is 0 Å². The molecule has 0 saturated carbocycles. The van der Waals surface area contributed by atoms with Gasteiger partial charge in [0.25, 0.3) is 0 Å². The standard InChI is InChI=1S/C18H32O2/c1-3-5-6-7-8-9-10-11-12-13-14-15-16-17-18(19)20-4-2/h14-17H,3-13H2,1-2H3/b15-14-,17-16+. The third kappa shape index (κ3) is 15.0. The number of unbranched alkanes of at least 4 members (excludes halogenated alkanes) is 9. The van der Waals surface area contributed by atoms with Crippen LogP contribution in [0.2, 0.25) is 0 Å². The van der Waals surface area contributed by atoms with Crippen molar-refractivity contribution < 1.29 is 9.53 Å². The Hall–Kier alpha value is -1.05. The number of ether oxygens (including phenoxy) is 1. The normalized spacial score (nSPS) is 11.5. The summed E-state index contributed by atoms with van der Waals surface area (Å²) in [6, 6.07) is 0. The Bertz CT molecular complexity index is 267. The fourth-order valence-electron chi connectivity index (χ4n) is 2.07. The average molecular weight is 280 g/mol. The minimum atomic E-state index is -0.264. The van der Waals surface area contributed by atoms with E-state index in [1.54, 1.807) is 6.08 Å². The van der Waals surface area contributed by atoms with E-state index in [9.17, 15) is 4.79 Å². The van der Waals surface area contributed by atoms with E-state index in [0.29, 0.717) is 6.61 Å². The van der Waals surface area contributed by atoms with E-state index < -0.39 is 0 Å². The first kappa shape index (κ1) is 18.9. The monoisotopic (exact) mass is 280 g/mol. The minimum absolute atomic E-state index is 0.264. The summed E-state index contributed by atoms with van der Waals surface area (Å²) in [5, 5.41) is 0. The largest absolute Gasteiger partial charge is 0.463 e. The molecule has 0 saturated heterocycles. The molecule has 0 aliphatic heterocycles. The summed E-state index contributed by atoms with van der Waals surface area (Å²) in [4.78, 5) is 11.0. The summed E-state index contributed by atoms with van der Waals surface area (Å²) in [6.45, 7) is 4.51. The van der Waals surface area contributed by atoms with Crippen LogP contribution >= 0.6 is 0 Å². The maximum absolute atomic E-state index is 11.0. The summed E-state index contributed by atoms with van der Waals surface area (Å²) in [6.07, 6.45) is 20.6. The molecular formula is C18H32O2. The molecule has 0 N–H and O–H groups in total. The van der Waals surface area contributed by atoms with Crippen LogP contribution in [0, 0.1) is 0 Å². The van der Waals surface area contributed by atoms with Crippen molar-refractivity contribution in [2.24, 2.45) is 0 Å². The molecule has 116 valence electrons. The summed E-state index contributed by atoms with van der Waals surface area (Å²) in [7, 11) is 0. The van der Waals surface area contributed by atoms with E-state index >= 15 is 0 Å². The molecule has 0 amide bonds. The Balaban J connectivity index is 3.25. The summed E-state index contributed by atoms with van der Waals surface area (Å²) >= 11 is 0. The number of hydrogen-bond acceptors (Lipinski definition) is 2. The first-order valence-electron chi connectivity index (χ1n) is 8.31. The van der Waals surface area contributed by atoms with Crippen LogP contribution in [0.1, 0.15) is 78.1 Å². The highest BCUT2D eigenvalue weighted by Gasteiger charge is 1.91. The molecule has 0 unspecified atom stereocenters. The lowest BCUT2D eigenvalue weighted by atomic mass is 10.1. The molecule has 0 fully saturated rings. The number of rotatable bonds is 13. The second-order valence-electron chi connectivity index (χ2n) is 5.16. The Labute approximate surface area is 125 Å². The molecule has 0 rings (SSSR count). The molecule has 0 aliphatic carbocycles. The van der Waals surface area contributed by atoms with Gasteiger partial charge in [0.05, 0.1) is 6.61 Å². The number of esters is 1.